The van der Waals surface area contributed by atoms with Gasteiger partial charge in [0.25, 0.3) is 0 Å². The molecule has 0 saturated heterocycles. The van der Waals surface area contributed by atoms with Crippen LogP contribution in [0.25, 0.3) is 22.4 Å². The maximum absolute atomic E-state index is 13.9. The molecule has 118 valence electrons. The van der Waals surface area contributed by atoms with E-state index in [2.05, 4.69) is 5.10 Å². The van der Waals surface area contributed by atoms with E-state index in [1.165, 1.54) is 6.07 Å². The molecule has 3 nitrogen and oxygen atoms in total. The average molecular weight is 310 g/mol. The molecule has 0 spiro atoms. The minimum Gasteiger partial charge on any atom is -0.391 e. The molecule has 0 aliphatic carbocycles. The summed E-state index contributed by atoms with van der Waals surface area (Å²) in [6.07, 6.45) is 2.15. The highest BCUT2D eigenvalue weighted by Gasteiger charge is 2.09. The molecule has 0 bridgehead atoms. The standard InChI is InChI=1S/C19H19FN2O/c1-2-16(23)13-22-11-10-19(21-22)15-7-5-6-14(12-15)17-8-3-4-9-18(17)20/h3-12,16,23H,2,13H2,1H3/t16-/m0/s1. The molecule has 4 heteroatoms. The van der Waals surface area contributed by atoms with Crippen LogP contribution >= 0.6 is 0 Å². The second kappa shape index (κ2) is 6.75. The van der Waals surface area contributed by atoms with Crippen LogP contribution in [0.4, 0.5) is 4.39 Å². The van der Waals surface area contributed by atoms with E-state index in [4.69, 9.17) is 0 Å². The lowest BCUT2D eigenvalue weighted by Gasteiger charge is -2.07. The fraction of sp³-hybridized carbons (Fsp3) is 0.211. The topological polar surface area (TPSA) is 38.0 Å². The van der Waals surface area contributed by atoms with Crippen LogP contribution in [0.2, 0.25) is 0 Å². The van der Waals surface area contributed by atoms with Gasteiger partial charge in [0.1, 0.15) is 5.82 Å². The third-order valence-corrected chi connectivity index (χ3v) is 3.85. The van der Waals surface area contributed by atoms with Gasteiger partial charge < -0.3 is 5.11 Å². The lowest BCUT2D eigenvalue weighted by molar-refractivity contribution is 0.145. The lowest BCUT2D eigenvalue weighted by atomic mass is 10.0. The van der Waals surface area contributed by atoms with E-state index in [-0.39, 0.29) is 5.82 Å². The Morgan fingerprint density at radius 1 is 1.09 bits per heavy atom. The highest BCUT2D eigenvalue weighted by atomic mass is 19.1. The second-order valence-corrected chi connectivity index (χ2v) is 5.55. The van der Waals surface area contributed by atoms with E-state index in [1.807, 2.05) is 49.5 Å². The molecule has 3 aromatic rings. The van der Waals surface area contributed by atoms with Crippen molar-refractivity contribution in [1.82, 2.24) is 9.78 Å². The van der Waals surface area contributed by atoms with Gasteiger partial charge >= 0.3 is 0 Å². The summed E-state index contributed by atoms with van der Waals surface area (Å²) in [6, 6.07) is 16.3. The maximum atomic E-state index is 13.9. The first-order valence-electron chi connectivity index (χ1n) is 7.74. The highest BCUT2D eigenvalue weighted by Crippen LogP contribution is 2.27. The molecular formula is C19H19FN2O. The van der Waals surface area contributed by atoms with Crippen molar-refractivity contribution in [1.29, 1.82) is 0 Å². The predicted molar refractivity (Wildman–Crippen MR) is 89.4 cm³/mol. The van der Waals surface area contributed by atoms with Crippen LogP contribution in [-0.2, 0) is 6.54 Å². The number of hydrogen-bond acceptors (Lipinski definition) is 2. The molecule has 0 amide bonds. The van der Waals surface area contributed by atoms with Gasteiger partial charge in [-0.25, -0.2) is 4.39 Å². The monoisotopic (exact) mass is 310 g/mol. The SMILES string of the molecule is CC[C@H](O)Cn1ccc(-c2cccc(-c3ccccc3F)c2)n1. The number of nitrogens with zero attached hydrogens (tertiary/aromatic N) is 2. The molecule has 0 radical (unpaired) electrons. The molecule has 3 rings (SSSR count). The number of hydrogen-bond donors (Lipinski definition) is 1. The normalized spacial score (nSPS) is 12.3. The Morgan fingerprint density at radius 2 is 1.87 bits per heavy atom. The first-order chi connectivity index (χ1) is 11.2. The highest BCUT2D eigenvalue weighted by molar-refractivity contribution is 5.71. The summed E-state index contributed by atoms with van der Waals surface area (Å²) in [5.41, 5.74) is 3.14. The number of aromatic nitrogens is 2. The summed E-state index contributed by atoms with van der Waals surface area (Å²) >= 11 is 0. The van der Waals surface area contributed by atoms with Crippen LogP contribution in [-0.4, -0.2) is 21.0 Å². The summed E-state index contributed by atoms with van der Waals surface area (Å²) in [7, 11) is 0. The molecule has 0 saturated carbocycles. The number of aliphatic hydroxyl groups excluding tert-OH is 1. The third-order valence-electron chi connectivity index (χ3n) is 3.85. The van der Waals surface area contributed by atoms with E-state index in [9.17, 15) is 9.50 Å². The number of rotatable bonds is 5. The van der Waals surface area contributed by atoms with Crippen LogP contribution in [0, 0.1) is 5.82 Å². The van der Waals surface area contributed by atoms with Gasteiger partial charge in [-0.15, -0.1) is 0 Å². The Morgan fingerprint density at radius 3 is 2.65 bits per heavy atom. The quantitative estimate of drug-likeness (QED) is 0.769. The van der Waals surface area contributed by atoms with E-state index in [1.54, 1.807) is 16.8 Å². The zero-order valence-corrected chi connectivity index (χ0v) is 13.0. The molecule has 1 atom stereocenters. The van der Waals surface area contributed by atoms with Crippen LogP contribution in [0.15, 0.2) is 60.8 Å². The van der Waals surface area contributed by atoms with E-state index in [0.717, 1.165) is 16.8 Å². The van der Waals surface area contributed by atoms with Gasteiger partial charge in [-0.1, -0.05) is 43.3 Å². The second-order valence-electron chi connectivity index (χ2n) is 5.55. The third kappa shape index (κ3) is 3.48. The Bertz CT molecular complexity index is 797. The first kappa shape index (κ1) is 15.4. The minimum atomic E-state index is -0.396. The molecule has 2 aromatic carbocycles. The van der Waals surface area contributed by atoms with Crippen LogP contribution in [0.5, 0.6) is 0 Å². The number of aliphatic hydroxyl groups is 1. The maximum Gasteiger partial charge on any atom is 0.131 e. The molecule has 23 heavy (non-hydrogen) atoms. The summed E-state index contributed by atoms with van der Waals surface area (Å²) < 4.78 is 15.7. The Labute approximate surface area is 135 Å². The van der Waals surface area contributed by atoms with Gasteiger partial charge in [0.15, 0.2) is 0 Å². The van der Waals surface area contributed by atoms with Crippen molar-refractivity contribution in [3.63, 3.8) is 0 Å². The van der Waals surface area contributed by atoms with Crippen molar-refractivity contribution >= 4 is 0 Å². The lowest BCUT2D eigenvalue weighted by Crippen LogP contribution is -2.14. The van der Waals surface area contributed by atoms with Gasteiger partial charge in [-0.2, -0.15) is 5.10 Å². The zero-order chi connectivity index (χ0) is 16.2. The molecule has 0 fully saturated rings. The zero-order valence-electron chi connectivity index (χ0n) is 13.0. The van der Waals surface area contributed by atoms with E-state index in [0.29, 0.717) is 18.5 Å². The molecule has 1 heterocycles. The van der Waals surface area contributed by atoms with E-state index >= 15 is 0 Å². The largest absolute Gasteiger partial charge is 0.391 e. The minimum absolute atomic E-state index is 0.235. The van der Waals surface area contributed by atoms with Crippen molar-refractivity contribution < 1.29 is 9.50 Å². The molecular weight excluding hydrogens is 291 g/mol. The molecule has 0 aliphatic rings. The van der Waals surface area contributed by atoms with Gasteiger partial charge in [-0.3, -0.25) is 4.68 Å². The van der Waals surface area contributed by atoms with Crippen molar-refractivity contribution in [2.45, 2.75) is 26.0 Å². The van der Waals surface area contributed by atoms with Crippen molar-refractivity contribution in [2.75, 3.05) is 0 Å². The molecule has 1 aromatic heterocycles. The van der Waals surface area contributed by atoms with Gasteiger partial charge in [0.2, 0.25) is 0 Å². The summed E-state index contributed by atoms with van der Waals surface area (Å²) in [4.78, 5) is 0. The fourth-order valence-corrected chi connectivity index (χ4v) is 2.50. The number of benzene rings is 2. The average Bonchev–Trinajstić information content (AvgIpc) is 3.04. The molecule has 1 N–H and O–H groups in total. The fourth-order valence-electron chi connectivity index (χ4n) is 2.50. The summed E-state index contributed by atoms with van der Waals surface area (Å²) in [5.74, 6) is -0.235. The Kier molecular flexibility index (Phi) is 4.53. The van der Waals surface area contributed by atoms with Crippen molar-refractivity contribution in [3.8, 4) is 22.4 Å². The van der Waals surface area contributed by atoms with E-state index < -0.39 is 6.10 Å². The number of halogens is 1. The summed E-state index contributed by atoms with van der Waals surface area (Å²) in [6.45, 7) is 2.41. The Balaban J connectivity index is 1.90. The van der Waals surface area contributed by atoms with Gasteiger partial charge in [0.05, 0.1) is 18.3 Å². The van der Waals surface area contributed by atoms with Crippen LogP contribution in [0.3, 0.4) is 0 Å². The van der Waals surface area contributed by atoms with Crippen molar-refractivity contribution in [2.24, 2.45) is 0 Å². The summed E-state index contributed by atoms with van der Waals surface area (Å²) in [5, 5.41) is 14.2. The molecule has 0 aliphatic heterocycles. The first-order valence-corrected chi connectivity index (χ1v) is 7.74. The van der Waals surface area contributed by atoms with Crippen LogP contribution < -0.4 is 0 Å². The molecule has 0 unspecified atom stereocenters. The van der Waals surface area contributed by atoms with Crippen LogP contribution in [0.1, 0.15) is 13.3 Å². The predicted octanol–water partition coefficient (Wildman–Crippen LogP) is 4.13. The van der Waals surface area contributed by atoms with Gasteiger partial charge in [-0.05, 0) is 30.2 Å². The Hall–Kier alpha value is -2.46. The van der Waals surface area contributed by atoms with Crippen molar-refractivity contribution in [3.05, 3.63) is 66.6 Å². The smallest absolute Gasteiger partial charge is 0.131 e. The van der Waals surface area contributed by atoms with Gasteiger partial charge in [0, 0.05) is 17.3 Å².